The molecule has 0 N–H and O–H groups in total. The highest BCUT2D eigenvalue weighted by molar-refractivity contribution is 6.15. The molecule has 3 atom stereocenters. The van der Waals surface area contributed by atoms with Crippen molar-refractivity contribution < 1.29 is 62.6 Å². The van der Waals surface area contributed by atoms with Gasteiger partial charge in [-0.2, -0.15) is 39.5 Å². The first kappa shape index (κ1) is 35.0. The molecule has 0 spiro atoms. The lowest BCUT2D eigenvalue weighted by Crippen LogP contribution is -2.46. The van der Waals surface area contributed by atoms with Gasteiger partial charge in [-0.05, 0) is 57.8 Å². The molecule has 15 heteroatoms. The molecule has 0 radical (unpaired) electrons. The predicted octanol–water partition coefficient (Wildman–Crippen LogP) is 8.69. The van der Waals surface area contributed by atoms with Crippen molar-refractivity contribution in [2.24, 2.45) is 22.7 Å². The summed E-state index contributed by atoms with van der Waals surface area (Å²) in [7, 11) is 0. The summed E-state index contributed by atoms with van der Waals surface area (Å²) >= 11 is 0. The fraction of sp³-hybridized carbons (Fsp3) is 0.808. The van der Waals surface area contributed by atoms with Crippen LogP contribution in [0.4, 0.5) is 48.3 Å². The van der Waals surface area contributed by atoms with E-state index in [-0.39, 0.29) is 42.7 Å². The van der Waals surface area contributed by atoms with Gasteiger partial charge in [-0.1, -0.05) is 13.3 Å². The van der Waals surface area contributed by atoms with Gasteiger partial charge in [0, 0.05) is 36.2 Å². The summed E-state index contributed by atoms with van der Waals surface area (Å²) in [5.41, 5.74) is 0.0523. The third kappa shape index (κ3) is 10.5. The molecule has 2 rings (SSSR count). The van der Waals surface area contributed by atoms with E-state index >= 15 is 0 Å². The fourth-order valence-corrected chi connectivity index (χ4v) is 5.14. The zero-order valence-electron chi connectivity index (χ0n) is 22.4. The maximum atomic E-state index is 13.7. The second-order valence-corrected chi connectivity index (χ2v) is 10.7. The second-order valence-electron chi connectivity index (χ2n) is 10.7. The number of ether oxygens (including phenoxy) is 1. The van der Waals surface area contributed by atoms with E-state index in [4.69, 9.17) is 0 Å². The number of alkyl halides is 11. The van der Waals surface area contributed by atoms with Gasteiger partial charge in [0.2, 0.25) is 5.92 Å². The van der Waals surface area contributed by atoms with Crippen LogP contribution in [-0.2, 0) is 14.3 Å². The first-order valence-corrected chi connectivity index (χ1v) is 13.3. The Kier molecular flexibility index (Phi) is 11.4. The number of hydrogen-bond donors (Lipinski definition) is 0. The molecule has 1 aliphatic carbocycles. The van der Waals surface area contributed by atoms with Gasteiger partial charge < -0.3 is 4.74 Å². The van der Waals surface area contributed by atoms with Gasteiger partial charge in [0.25, 0.3) is 6.10 Å². The molecule has 236 valence electrons. The summed E-state index contributed by atoms with van der Waals surface area (Å²) < 4.78 is 148. The average molecular weight is 616 g/mol. The topological polar surface area (TPSA) is 55.7 Å². The van der Waals surface area contributed by atoms with Crippen molar-refractivity contribution in [3.05, 3.63) is 11.3 Å². The van der Waals surface area contributed by atoms with Crippen LogP contribution in [-0.4, -0.2) is 48.0 Å². The van der Waals surface area contributed by atoms with Crippen LogP contribution < -0.4 is 0 Å². The van der Waals surface area contributed by atoms with E-state index in [0.29, 0.717) is 19.8 Å². The first-order valence-electron chi connectivity index (χ1n) is 13.3. The fourth-order valence-electron chi connectivity index (χ4n) is 5.14. The molecule has 2 aliphatic rings. The molecule has 0 saturated carbocycles. The Morgan fingerprint density at radius 3 is 2.07 bits per heavy atom. The lowest BCUT2D eigenvalue weighted by Gasteiger charge is -2.33. The summed E-state index contributed by atoms with van der Waals surface area (Å²) in [5.74, 6) is -9.51. The minimum Gasteiger partial charge on any atom is -0.443 e. The van der Waals surface area contributed by atoms with E-state index in [9.17, 15) is 57.9 Å². The lowest BCUT2D eigenvalue weighted by atomic mass is 9.73. The number of rotatable bonds is 11. The van der Waals surface area contributed by atoms with Gasteiger partial charge in [0.15, 0.2) is 5.78 Å². The molecule has 41 heavy (non-hydrogen) atoms. The van der Waals surface area contributed by atoms with E-state index in [2.05, 4.69) is 9.73 Å². The summed E-state index contributed by atoms with van der Waals surface area (Å²) in [6.07, 6.45) is -23.7. The van der Waals surface area contributed by atoms with Gasteiger partial charge >= 0.3 is 24.5 Å². The monoisotopic (exact) mass is 615 g/mol. The Morgan fingerprint density at radius 2 is 1.56 bits per heavy atom. The number of ketones is 1. The van der Waals surface area contributed by atoms with Crippen molar-refractivity contribution in [2.45, 2.75) is 115 Å². The third-order valence-electron chi connectivity index (χ3n) is 7.16. The van der Waals surface area contributed by atoms with Crippen LogP contribution in [0, 0.1) is 17.8 Å². The number of carbonyl (C=O) groups is 2. The molecule has 0 aromatic heterocycles. The summed E-state index contributed by atoms with van der Waals surface area (Å²) in [4.78, 5) is 30.5. The van der Waals surface area contributed by atoms with E-state index < -0.39 is 92.2 Å². The second kappa shape index (κ2) is 13.4. The van der Waals surface area contributed by atoms with E-state index in [1.165, 1.54) is 0 Å². The highest BCUT2D eigenvalue weighted by atomic mass is 19.4. The Labute approximate surface area is 229 Å². The molecule has 1 heterocycles. The van der Waals surface area contributed by atoms with Gasteiger partial charge in [-0.3, -0.25) is 14.6 Å². The molecule has 0 fully saturated rings. The highest BCUT2D eigenvalue weighted by Gasteiger charge is 2.60. The molecule has 0 saturated heterocycles. The Balaban J connectivity index is 2.41. The Bertz CT molecular complexity index is 959. The zero-order valence-corrected chi connectivity index (χ0v) is 22.4. The molecular formula is C26H32F11NO3. The first-order chi connectivity index (χ1) is 18.6. The number of Topliss-reactive ketones (excluding diaryl/α,β-unsaturated/α-hetero) is 1. The standard InChI is InChI=1S/C26H32F11NO3/c1-3-4-8-17-19(14(9-11-23(2,27)28)10-12-24(29,30)31)20(39)16-7-5-6-15(13-18(16)38-17)21(40)41-22(25(32,33)34)26(35,36)37/h14-15,19,22H,3-13H2,1-2H3. The molecule has 1 aliphatic heterocycles. The van der Waals surface area contributed by atoms with Crippen LogP contribution >= 0.6 is 0 Å². The van der Waals surface area contributed by atoms with Crippen LogP contribution in [0.1, 0.15) is 84.5 Å². The number of carbonyl (C=O) groups excluding carboxylic acids is 2. The zero-order chi connectivity index (χ0) is 31.4. The molecule has 0 aromatic carbocycles. The normalized spacial score (nSPS) is 21.9. The number of hydrogen-bond acceptors (Lipinski definition) is 4. The summed E-state index contributed by atoms with van der Waals surface area (Å²) in [5, 5.41) is 0. The Hall–Kier alpha value is -2.22. The number of nitrogens with zero attached hydrogens (tertiary/aromatic N) is 1. The largest absolute Gasteiger partial charge is 0.443 e. The number of halogens is 11. The van der Waals surface area contributed by atoms with Crippen LogP contribution in [0.5, 0.6) is 0 Å². The highest BCUT2D eigenvalue weighted by Crippen LogP contribution is 2.42. The van der Waals surface area contributed by atoms with Crippen molar-refractivity contribution in [1.29, 1.82) is 0 Å². The van der Waals surface area contributed by atoms with Crippen molar-refractivity contribution in [2.75, 3.05) is 0 Å². The lowest BCUT2D eigenvalue weighted by molar-refractivity contribution is -0.314. The van der Waals surface area contributed by atoms with Crippen LogP contribution in [0.25, 0.3) is 0 Å². The molecule has 0 aromatic rings. The maximum Gasteiger partial charge on any atom is 0.434 e. The summed E-state index contributed by atoms with van der Waals surface area (Å²) in [6.45, 7) is 2.38. The van der Waals surface area contributed by atoms with Crippen molar-refractivity contribution >= 4 is 17.5 Å². The SMILES string of the molecule is CCCCC1=NC2=C(CCCC(C(=O)OC(C(F)(F)F)C(F)(F)F)C2)C(=O)C1C(CCC(C)(F)F)CCC(F)(F)F. The quantitative estimate of drug-likeness (QED) is 0.173. The average Bonchev–Trinajstić information content (AvgIpc) is 3.02. The van der Waals surface area contributed by atoms with E-state index in [1.807, 2.05) is 0 Å². The minimum absolute atomic E-state index is 0.00555. The smallest absolute Gasteiger partial charge is 0.434 e. The van der Waals surface area contributed by atoms with E-state index in [0.717, 1.165) is 0 Å². The number of esters is 1. The number of allylic oxidation sites excluding steroid dienone is 2. The van der Waals surface area contributed by atoms with Gasteiger partial charge in [0.05, 0.1) is 11.8 Å². The van der Waals surface area contributed by atoms with E-state index in [1.54, 1.807) is 6.92 Å². The molecule has 3 unspecified atom stereocenters. The summed E-state index contributed by atoms with van der Waals surface area (Å²) in [6, 6.07) is 0. The number of aliphatic imine (C=N–C) groups is 1. The Morgan fingerprint density at radius 1 is 0.976 bits per heavy atom. The van der Waals surface area contributed by atoms with Crippen LogP contribution in [0.2, 0.25) is 0 Å². The number of unbranched alkanes of at least 4 members (excludes halogenated alkanes) is 1. The third-order valence-corrected chi connectivity index (χ3v) is 7.16. The van der Waals surface area contributed by atoms with Crippen molar-refractivity contribution in [3.8, 4) is 0 Å². The van der Waals surface area contributed by atoms with Crippen molar-refractivity contribution in [3.63, 3.8) is 0 Å². The van der Waals surface area contributed by atoms with Gasteiger partial charge in [0.1, 0.15) is 0 Å². The van der Waals surface area contributed by atoms with Crippen LogP contribution in [0.15, 0.2) is 16.3 Å². The molecule has 0 amide bonds. The molecule has 0 bridgehead atoms. The van der Waals surface area contributed by atoms with Gasteiger partial charge in [-0.25, -0.2) is 8.78 Å². The molecular weight excluding hydrogens is 583 g/mol. The predicted molar refractivity (Wildman–Crippen MR) is 125 cm³/mol. The van der Waals surface area contributed by atoms with Gasteiger partial charge in [-0.15, -0.1) is 0 Å². The minimum atomic E-state index is -5.91. The van der Waals surface area contributed by atoms with Crippen molar-refractivity contribution in [1.82, 2.24) is 0 Å². The maximum absolute atomic E-state index is 13.7. The van der Waals surface area contributed by atoms with Crippen LogP contribution in [0.3, 0.4) is 0 Å². The molecule has 4 nitrogen and oxygen atoms in total.